The third kappa shape index (κ3) is 1.21. The van der Waals surface area contributed by atoms with Gasteiger partial charge in [-0.1, -0.05) is 0 Å². The Hall–Kier alpha value is -1.68. The fourth-order valence-electron chi connectivity index (χ4n) is 3.27. The van der Waals surface area contributed by atoms with Crippen LogP contribution in [0, 0.1) is 5.21 Å². The van der Waals surface area contributed by atoms with Crippen molar-refractivity contribution in [1.82, 2.24) is 10.3 Å². The van der Waals surface area contributed by atoms with Crippen molar-refractivity contribution in [3.63, 3.8) is 0 Å². The van der Waals surface area contributed by atoms with Gasteiger partial charge in [0.1, 0.15) is 5.52 Å². The quantitative estimate of drug-likeness (QED) is 0.540. The molecule has 4 heteroatoms. The minimum absolute atomic E-state index is 0.577. The van der Waals surface area contributed by atoms with Crippen LogP contribution in [0.2, 0.25) is 0 Å². The highest BCUT2D eigenvalue weighted by atomic mass is 16.5. The van der Waals surface area contributed by atoms with Gasteiger partial charge in [0, 0.05) is 19.2 Å². The molecule has 2 aromatic rings. The zero-order chi connectivity index (χ0) is 11.4. The lowest BCUT2D eigenvalue weighted by molar-refractivity contribution is -0.577. The summed E-state index contributed by atoms with van der Waals surface area (Å²) in [5.74, 6) is 1.18. The molecule has 4 nitrogen and oxygen atoms in total. The van der Waals surface area contributed by atoms with E-state index in [9.17, 15) is 5.21 Å². The zero-order valence-electron chi connectivity index (χ0n) is 9.39. The number of fused-ring (bicyclic) bond motifs is 6. The molecule has 17 heavy (non-hydrogen) atoms. The molecular weight excluding hydrogens is 214 g/mol. The monoisotopic (exact) mass is 227 g/mol. The van der Waals surface area contributed by atoms with Crippen molar-refractivity contribution in [3.8, 4) is 0 Å². The largest absolute Gasteiger partial charge is 0.618 e. The molecule has 0 spiro atoms. The molecule has 1 aromatic carbocycles. The molecule has 1 aliphatic carbocycles. The van der Waals surface area contributed by atoms with Crippen LogP contribution in [-0.2, 0) is 0 Å². The number of piperidine rings is 1. The van der Waals surface area contributed by atoms with Crippen LogP contribution in [0.15, 0.2) is 24.5 Å². The molecule has 0 amide bonds. The zero-order valence-corrected chi connectivity index (χ0v) is 9.39. The molecule has 1 aliphatic heterocycles. The summed E-state index contributed by atoms with van der Waals surface area (Å²) in [6.07, 6.45) is 4.26. The van der Waals surface area contributed by atoms with E-state index in [-0.39, 0.29) is 0 Å². The molecule has 1 aromatic heterocycles. The Balaban J connectivity index is 2.03. The van der Waals surface area contributed by atoms with Gasteiger partial charge in [0.15, 0.2) is 6.20 Å². The van der Waals surface area contributed by atoms with Crippen LogP contribution in [0.25, 0.3) is 11.0 Å². The molecule has 2 bridgehead atoms. The molecular formula is C13H13N3O. The van der Waals surface area contributed by atoms with Gasteiger partial charge in [-0.25, -0.2) is 4.98 Å². The minimum Gasteiger partial charge on any atom is -0.618 e. The average molecular weight is 227 g/mol. The molecule has 2 atom stereocenters. The number of benzene rings is 1. The third-order valence-corrected chi connectivity index (χ3v) is 4.06. The molecule has 0 saturated carbocycles. The molecule has 1 saturated heterocycles. The van der Waals surface area contributed by atoms with Crippen molar-refractivity contribution in [3.05, 3.63) is 40.9 Å². The van der Waals surface area contributed by atoms with Crippen molar-refractivity contribution in [1.29, 1.82) is 0 Å². The van der Waals surface area contributed by atoms with E-state index in [0.717, 1.165) is 23.3 Å². The first kappa shape index (κ1) is 9.36. The number of nitrogens with zero attached hydrogens (tertiary/aromatic N) is 2. The van der Waals surface area contributed by atoms with Gasteiger partial charge in [0.25, 0.3) is 0 Å². The Labute approximate surface area is 98.9 Å². The number of aromatic nitrogens is 2. The van der Waals surface area contributed by atoms with E-state index < -0.39 is 0 Å². The molecule has 2 aliphatic rings. The summed E-state index contributed by atoms with van der Waals surface area (Å²) < 4.78 is 0.915. The molecule has 0 unspecified atom stereocenters. The van der Waals surface area contributed by atoms with Gasteiger partial charge >= 0.3 is 0 Å². The van der Waals surface area contributed by atoms with Gasteiger partial charge in [-0.3, -0.25) is 0 Å². The average Bonchev–Trinajstić information content (AvgIpc) is 2.60. The van der Waals surface area contributed by atoms with Gasteiger partial charge in [0.05, 0.1) is 6.20 Å². The lowest BCUT2D eigenvalue weighted by Crippen LogP contribution is -2.28. The van der Waals surface area contributed by atoms with E-state index in [1.807, 2.05) is 6.07 Å². The summed E-state index contributed by atoms with van der Waals surface area (Å²) >= 11 is 0. The lowest BCUT2D eigenvalue weighted by atomic mass is 9.98. The van der Waals surface area contributed by atoms with Crippen molar-refractivity contribution in [2.75, 3.05) is 13.1 Å². The SMILES string of the molecule is [O-][n+]1ccnc2cc3c(cc21)[C@H]1CNC[C@@H]3C1. The Morgan fingerprint density at radius 3 is 2.82 bits per heavy atom. The van der Waals surface area contributed by atoms with Gasteiger partial charge in [-0.05, 0) is 35.4 Å². The molecule has 1 N–H and O–H groups in total. The van der Waals surface area contributed by atoms with E-state index in [1.54, 1.807) is 6.20 Å². The molecule has 0 radical (unpaired) electrons. The summed E-state index contributed by atoms with van der Waals surface area (Å²) in [4.78, 5) is 4.29. The first-order chi connectivity index (χ1) is 8.33. The summed E-state index contributed by atoms with van der Waals surface area (Å²) in [5.41, 5.74) is 4.25. The van der Waals surface area contributed by atoms with E-state index in [4.69, 9.17) is 0 Å². The van der Waals surface area contributed by atoms with Crippen molar-refractivity contribution in [2.45, 2.75) is 18.3 Å². The van der Waals surface area contributed by atoms with E-state index in [1.165, 1.54) is 23.7 Å². The van der Waals surface area contributed by atoms with Crippen molar-refractivity contribution < 1.29 is 4.73 Å². The third-order valence-electron chi connectivity index (χ3n) is 4.06. The highest BCUT2D eigenvalue weighted by Gasteiger charge is 2.35. The van der Waals surface area contributed by atoms with Crippen molar-refractivity contribution in [2.24, 2.45) is 0 Å². The maximum absolute atomic E-state index is 11.7. The summed E-state index contributed by atoms with van der Waals surface area (Å²) in [6, 6.07) is 4.15. The number of hydrogen-bond acceptors (Lipinski definition) is 3. The Morgan fingerprint density at radius 1 is 1.24 bits per heavy atom. The van der Waals surface area contributed by atoms with Crippen LogP contribution in [-0.4, -0.2) is 18.1 Å². The predicted molar refractivity (Wildman–Crippen MR) is 63.7 cm³/mol. The van der Waals surface area contributed by atoms with Gasteiger partial charge in [-0.2, -0.15) is 4.73 Å². The highest BCUT2D eigenvalue weighted by molar-refractivity contribution is 5.74. The fourth-order valence-corrected chi connectivity index (χ4v) is 3.27. The lowest BCUT2D eigenvalue weighted by Gasteiger charge is -2.19. The van der Waals surface area contributed by atoms with Gasteiger partial charge < -0.3 is 10.5 Å². The second-order valence-corrected chi connectivity index (χ2v) is 5.01. The first-order valence-corrected chi connectivity index (χ1v) is 6.05. The van der Waals surface area contributed by atoms with Crippen molar-refractivity contribution >= 4 is 11.0 Å². The first-order valence-electron chi connectivity index (χ1n) is 6.05. The van der Waals surface area contributed by atoms with Crippen LogP contribution in [0.4, 0.5) is 0 Å². The Bertz CT molecular complexity index is 611. The predicted octanol–water partition coefficient (Wildman–Crippen LogP) is 1.04. The fraction of sp³-hybridized carbons (Fsp3) is 0.385. The number of hydrogen-bond donors (Lipinski definition) is 1. The molecule has 1 fully saturated rings. The van der Waals surface area contributed by atoms with Crippen LogP contribution < -0.4 is 10.0 Å². The van der Waals surface area contributed by atoms with Gasteiger partial charge in [0.2, 0.25) is 5.52 Å². The standard InChI is InChI=1S/C13H13N3O/c17-16-2-1-15-12-4-10-8-3-9(7-14-6-8)11(10)5-13(12)16/h1-2,4-5,8-9,14H,3,6-7H2/t8-,9+/m0/s1. The highest BCUT2D eigenvalue weighted by Crippen LogP contribution is 2.44. The molecule has 2 heterocycles. The summed E-state index contributed by atoms with van der Waals surface area (Å²) in [7, 11) is 0. The van der Waals surface area contributed by atoms with Crippen LogP contribution in [0.1, 0.15) is 29.4 Å². The normalized spacial score (nSPS) is 26.1. The van der Waals surface area contributed by atoms with Crippen LogP contribution >= 0.6 is 0 Å². The second-order valence-electron chi connectivity index (χ2n) is 5.01. The van der Waals surface area contributed by atoms with Gasteiger partial charge in [-0.15, -0.1) is 0 Å². The van der Waals surface area contributed by atoms with E-state index >= 15 is 0 Å². The number of rotatable bonds is 0. The Kier molecular flexibility index (Phi) is 1.74. The Morgan fingerprint density at radius 2 is 2.00 bits per heavy atom. The number of nitrogens with one attached hydrogen (secondary N) is 1. The molecule has 4 rings (SSSR count). The summed E-state index contributed by atoms with van der Waals surface area (Å²) in [5, 5.41) is 15.2. The topological polar surface area (TPSA) is 51.9 Å². The van der Waals surface area contributed by atoms with E-state index in [2.05, 4.69) is 16.4 Å². The smallest absolute Gasteiger partial charge is 0.242 e. The van der Waals surface area contributed by atoms with E-state index in [0.29, 0.717) is 17.4 Å². The van der Waals surface area contributed by atoms with Crippen LogP contribution in [0.5, 0.6) is 0 Å². The second kappa shape index (κ2) is 3.17. The minimum atomic E-state index is 0.577. The maximum atomic E-state index is 11.7. The molecule has 86 valence electrons. The summed E-state index contributed by atoms with van der Waals surface area (Å²) in [6.45, 7) is 2.09. The van der Waals surface area contributed by atoms with Crippen LogP contribution in [0.3, 0.4) is 0 Å². The maximum Gasteiger partial charge on any atom is 0.242 e.